The van der Waals surface area contributed by atoms with Gasteiger partial charge in [-0.25, -0.2) is 13.4 Å². The van der Waals surface area contributed by atoms with Crippen molar-refractivity contribution in [1.82, 2.24) is 4.98 Å². The number of hydrogen-bond donors (Lipinski definition) is 1. The van der Waals surface area contributed by atoms with Gasteiger partial charge in [0.1, 0.15) is 5.75 Å². The molecule has 1 aromatic heterocycles. The van der Waals surface area contributed by atoms with Gasteiger partial charge < -0.3 is 4.74 Å². The molecule has 1 N–H and O–H groups in total. The number of nitrogens with one attached hydrogen (secondary N) is 1. The van der Waals surface area contributed by atoms with E-state index in [1.165, 1.54) is 0 Å². The number of halogens is 3. The Morgan fingerprint density at radius 2 is 1.65 bits per heavy atom. The highest BCUT2D eigenvalue weighted by Gasteiger charge is 2.31. The smallest absolute Gasteiger partial charge is 0.406 e. The third-order valence-corrected chi connectivity index (χ3v) is 5.40. The fourth-order valence-electron chi connectivity index (χ4n) is 2.06. The summed E-state index contributed by atoms with van der Waals surface area (Å²) in [6, 6.07) is 13.1. The third kappa shape index (κ3) is 4.52. The molecule has 0 aliphatic heterocycles. The lowest BCUT2D eigenvalue weighted by Gasteiger charge is -2.09. The van der Waals surface area contributed by atoms with Crippen LogP contribution in [0.1, 0.15) is 0 Å². The van der Waals surface area contributed by atoms with Crippen LogP contribution in [0.4, 0.5) is 18.3 Å². The maximum atomic E-state index is 12.3. The van der Waals surface area contributed by atoms with Crippen LogP contribution in [0.5, 0.6) is 5.75 Å². The third-order valence-electron chi connectivity index (χ3n) is 3.16. The van der Waals surface area contributed by atoms with Crippen LogP contribution in [-0.4, -0.2) is 19.8 Å². The van der Waals surface area contributed by atoms with Crippen LogP contribution in [-0.2, 0) is 10.0 Å². The van der Waals surface area contributed by atoms with E-state index in [9.17, 15) is 21.6 Å². The molecular weight excluding hydrogens is 389 g/mol. The van der Waals surface area contributed by atoms with Crippen molar-refractivity contribution in [3.05, 3.63) is 60.0 Å². The van der Waals surface area contributed by atoms with Gasteiger partial charge in [0.05, 0.1) is 10.6 Å². The monoisotopic (exact) mass is 400 g/mol. The maximum Gasteiger partial charge on any atom is 0.573 e. The van der Waals surface area contributed by atoms with E-state index in [1.54, 1.807) is 5.38 Å². The van der Waals surface area contributed by atoms with Crippen molar-refractivity contribution in [2.75, 3.05) is 4.72 Å². The minimum absolute atomic E-state index is 0.152. The van der Waals surface area contributed by atoms with Crippen LogP contribution >= 0.6 is 11.3 Å². The zero-order valence-electron chi connectivity index (χ0n) is 12.9. The van der Waals surface area contributed by atoms with Gasteiger partial charge >= 0.3 is 6.36 Å². The summed E-state index contributed by atoms with van der Waals surface area (Å²) in [5.74, 6) is -0.503. The SMILES string of the molecule is O=S(=O)(Nc1nc(-c2ccccc2)cs1)c1ccc(OC(F)(F)F)cc1. The molecule has 2 aromatic carbocycles. The molecule has 0 spiro atoms. The first-order valence-corrected chi connectivity index (χ1v) is 9.49. The first-order chi connectivity index (χ1) is 12.2. The molecule has 0 amide bonds. The molecule has 0 unspecified atom stereocenters. The van der Waals surface area contributed by atoms with Gasteiger partial charge in [0, 0.05) is 10.9 Å². The lowest BCUT2D eigenvalue weighted by Crippen LogP contribution is -2.17. The Labute approximate surface area is 151 Å². The summed E-state index contributed by atoms with van der Waals surface area (Å²) in [6.07, 6.45) is -4.84. The average molecular weight is 400 g/mol. The molecule has 0 aliphatic rings. The standard InChI is InChI=1S/C16H11F3N2O3S2/c17-16(18,19)24-12-6-8-13(9-7-12)26(22,23)21-15-20-14(10-25-15)11-4-2-1-3-5-11/h1-10H,(H,20,21). The molecule has 0 radical (unpaired) electrons. The first kappa shape index (κ1) is 18.2. The van der Waals surface area contributed by atoms with Gasteiger partial charge in [-0.05, 0) is 24.3 Å². The molecule has 3 rings (SSSR count). The predicted octanol–water partition coefficient (Wildman–Crippen LogP) is 4.51. The molecule has 136 valence electrons. The van der Waals surface area contributed by atoms with Crippen molar-refractivity contribution >= 4 is 26.5 Å². The van der Waals surface area contributed by atoms with Crippen LogP contribution in [0.2, 0.25) is 0 Å². The van der Waals surface area contributed by atoms with Gasteiger partial charge in [-0.1, -0.05) is 30.3 Å². The maximum absolute atomic E-state index is 12.3. The van der Waals surface area contributed by atoms with E-state index in [2.05, 4.69) is 14.4 Å². The number of benzene rings is 2. The number of thiazole rings is 1. The Kier molecular flexibility index (Phi) is 4.88. The van der Waals surface area contributed by atoms with Gasteiger partial charge in [0.2, 0.25) is 0 Å². The van der Waals surface area contributed by atoms with Crippen molar-refractivity contribution in [1.29, 1.82) is 0 Å². The van der Waals surface area contributed by atoms with Crippen LogP contribution in [0.15, 0.2) is 64.9 Å². The summed E-state index contributed by atoms with van der Waals surface area (Å²) in [5.41, 5.74) is 1.45. The Bertz CT molecular complexity index is 986. The number of nitrogens with zero attached hydrogens (tertiary/aromatic N) is 1. The number of hydrogen-bond acceptors (Lipinski definition) is 5. The van der Waals surface area contributed by atoms with E-state index in [4.69, 9.17) is 0 Å². The highest BCUT2D eigenvalue weighted by molar-refractivity contribution is 7.93. The molecule has 0 atom stereocenters. The van der Waals surface area contributed by atoms with Crippen LogP contribution in [0.25, 0.3) is 11.3 Å². The van der Waals surface area contributed by atoms with Gasteiger partial charge in [-0.2, -0.15) is 0 Å². The van der Waals surface area contributed by atoms with Gasteiger partial charge in [-0.3, -0.25) is 4.72 Å². The number of anilines is 1. The molecule has 0 saturated carbocycles. The first-order valence-electron chi connectivity index (χ1n) is 7.12. The lowest BCUT2D eigenvalue weighted by atomic mass is 10.2. The second-order valence-electron chi connectivity index (χ2n) is 5.03. The molecule has 5 nitrogen and oxygen atoms in total. The summed E-state index contributed by atoms with van der Waals surface area (Å²) in [7, 11) is -3.98. The predicted molar refractivity (Wildman–Crippen MR) is 91.5 cm³/mol. The average Bonchev–Trinajstić information content (AvgIpc) is 3.02. The van der Waals surface area contributed by atoms with Crippen molar-refractivity contribution < 1.29 is 26.3 Å². The topological polar surface area (TPSA) is 68.3 Å². The molecule has 0 aliphatic carbocycles. The number of ether oxygens (including phenoxy) is 1. The largest absolute Gasteiger partial charge is 0.573 e. The summed E-state index contributed by atoms with van der Waals surface area (Å²) in [4.78, 5) is 4.01. The number of aromatic nitrogens is 1. The van der Waals surface area contributed by atoms with E-state index in [0.29, 0.717) is 5.69 Å². The highest BCUT2D eigenvalue weighted by atomic mass is 32.2. The van der Waals surface area contributed by atoms with E-state index >= 15 is 0 Å². The zero-order chi connectivity index (χ0) is 18.8. The van der Waals surface area contributed by atoms with Crippen molar-refractivity contribution in [2.45, 2.75) is 11.3 Å². The zero-order valence-corrected chi connectivity index (χ0v) is 14.5. The van der Waals surface area contributed by atoms with Crippen LogP contribution in [0, 0.1) is 0 Å². The van der Waals surface area contributed by atoms with Gasteiger partial charge in [0.15, 0.2) is 5.13 Å². The summed E-state index contributed by atoms with van der Waals surface area (Å²) < 4.78 is 67.1. The second kappa shape index (κ2) is 6.96. The van der Waals surface area contributed by atoms with Crippen molar-refractivity contribution in [3.8, 4) is 17.0 Å². The van der Waals surface area contributed by atoms with Crippen LogP contribution in [0.3, 0.4) is 0 Å². The summed E-state index contributed by atoms with van der Waals surface area (Å²) >= 11 is 1.10. The van der Waals surface area contributed by atoms with E-state index < -0.39 is 22.1 Å². The Morgan fingerprint density at radius 1 is 1.00 bits per heavy atom. The molecular formula is C16H11F3N2O3S2. The molecule has 0 saturated heterocycles. The molecule has 1 heterocycles. The quantitative estimate of drug-likeness (QED) is 0.684. The van der Waals surface area contributed by atoms with Gasteiger partial charge in [0.25, 0.3) is 10.0 Å². The Morgan fingerprint density at radius 3 is 2.27 bits per heavy atom. The number of rotatable bonds is 5. The minimum Gasteiger partial charge on any atom is -0.406 e. The van der Waals surface area contributed by atoms with Gasteiger partial charge in [-0.15, -0.1) is 24.5 Å². The molecule has 3 aromatic rings. The Balaban J connectivity index is 1.76. The van der Waals surface area contributed by atoms with Crippen molar-refractivity contribution in [2.24, 2.45) is 0 Å². The van der Waals surface area contributed by atoms with E-state index in [0.717, 1.165) is 41.2 Å². The minimum atomic E-state index is -4.84. The molecule has 0 bridgehead atoms. The Hall–Kier alpha value is -2.59. The van der Waals surface area contributed by atoms with E-state index in [-0.39, 0.29) is 10.0 Å². The molecule has 0 fully saturated rings. The number of alkyl halides is 3. The summed E-state index contributed by atoms with van der Waals surface area (Å²) in [5, 5.41) is 1.85. The summed E-state index contributed by atoms with van der Waals surface area (Å²) in [6.45, 7) is 0. The van der Waals surface area contributed by atoms with E-state index in [1.807, 2.05) is 30.3 Å². The fraction of sp³-hybridized carbons (Fsp3) is 0.0625. The normalized spacial score (nSPS) is 12.0. The van der Waals surface area contributed by atoms with Crippen molar-refractivity contribution in [3.63, 3.8) is 0 Å². The molecule has 10 heteroatoms. The fourth-order valence-corrected chi connectivity index (χ4v) is 4.03. The number of sulfonamides is 1. The van der Waals surface area contributed by atoms with Crippen LogP contribution < -0.4 is 9.46 Å². The highest BCUT2D eigenvalue weighted by Crippen LogP contribution is 2.28. The second-order valence-corrected chi connectivity index (χ2v) is 7.57. The lowest BCUT2D eigenvalue weighted by molar-refractivity contribution is -0.274. The molecule has 26 heavy (non-hydrogen) atoms.